The van der Waals surface area contributed by atoms with Crippen molar-refractivity contribution in [2.24, 2.45) is 16.8 Å². The van der Waals surface area contributed by atoms with Gasteiger partial charge in [0.05, 0.1) is 18.2 Å². The first-order chi connectivity index (χ1) is 17.8. The Kier molecular flexibility index (Phi) is 6.45. The van der Waals surface area contributed by atoms with Crippen molar-refractivity contribution in [2.75, 3.05) is 17.7 Å². The van der Waals surface area contributed by atoms with Gasteiger partial charge in [0.2, 0.25) is 0 Å². The molecule has 0 saturated heterocycles. The second kappa shape index (κ2) is 9.72. The predicted octanol–water partition coefficient (Wildman–Crippen LogP) is 4.19. The minimum Gasteiger partial charge on any atom is -0.373 e. The van der Waals surface area contributed by atoms with Gasteiger partial charge in [-0.2, -0.15) is 14.9 Å². The van der Waals surface area contributed by atoms with Crippen LogP contribution in [0.2, 0.25) is 0 Å². The highest BCUT2D eigenvalue weighted by Gasteiger charge is 2.47. The van der Waals surface area contributed by atoms with E-state index in [2.05, 4.69) is 31.8 Å². The molecule has 2 fully saturated rings. The van der Waals surface area contributed by atoms with Crippen LogP contribution in [0.25, 0.3) is 5.65 Å². The van der Waals surface area contributed by atoms with E-state index in [-0.39, 0.29) is 53.1 Å². The Labute approximate surface area is 211 Å². The zero-order valence-corrected chi connectivity index (χ0v) is 20.2. The SMILES string of the molecule is CNc1cc(Nc2cccn(C3CCC[C@H](C#N)C3)c2=O)nc2c(C(=O)N=CC3CCC3(F)F)cnn12. The van der Waals surface area contributed by atoms with Crippen molar-refractivity contribution >= 4 is 35.1 Å². The van der Waals surface area contributed by atoms with Gasteiger partial charge in [-0.15, -0.1) is 0 Å². The van der Waals surface area contributed by atoms with Crippen LogP contribution in [0.4, 0.5) is 26.1 Å². The van der Waals surface area contributed by atoms with Gasteiger partial charge < -0.3 is 15.2 Å². The van der Waals surface area contributed by atoms with Gasteiger partial charge in [0.1, 0.15) is 22.9 Å². The number of fused-ring (bicyclic) bond motifs is 1. The number of aromatic nitrogens is 4. The third kappa shape index (κ3) is 4.69. The van der Waals surface area contributed by atoms with Crippen molar-refractivity contribution in [2.45, 2.75) is 50.5 Å². The number of hydrogen-bond donors (Lipinski definition) is 2. The smallest absolute Gasteiger partial charge is 0.282 e. The highest BCUT2D eigenvalue weighted by molar-refractivity contribution is 6.04. The molecular formula is C25H26F2N8O2. The Balaban J connectivity index is 1.44. The molecule has 12 heteroatoms. The summed E-state index contributed by atoms with van der Waals surface area (Å²) in [5, 5.41) is 19.5. The average Bonchev–Trinajstić information content (AvgIpc) is 3.33. The lowest BCUT2D eigenvalue weighted by Gasteiger charge is -2.33. The lowest BCUT2D eigenvalue weighted by molar-refractivity contribution is -0.101. The van der Waals surface area contributed by atoms with E-state index in [1.807, 2.05) is 0 Å². The summed E-state index contributed by atoms with van der Waals surface area (Å²) in [4.78, 5) is 34.2. The highest BCUT2D eigenvalue weighted by atomic mass is 19.3. The van der Waals surface area contributed by atoms with Crippen LogP contribution < -0.4 is 16.2 Å². The summed E-state index contributed by atoms with van der Waals surface area (Å²) in [5.41, 5.74) is 0.263. The van der Waals surface area contributed by atoms with Gasteiger partial charge in [0.15, 0.2) is 5.65 Å². The number of anilines is 3. The van der Waals surface area contributed by atoms with E-state index in [0.29, 0.717) is 12.2 Å². The first kappa shape index (κ1) is 24.5. The molecule has 2 unspecified atom stereocenters. The van der Waals surface area contributed by atoms with Gasteiger partial charge in [-0.25, -0.2) is 18.8 Å². The molecule has 2 N–H and O–H groups in total. The minimum atomic E-state index is -2.84. The van der Waals surface area contributed by atoms with Crippen molar-refractivity contribution in [3.05, 3.63) is 46.5 Å². The molecule has 1 amide bonds. The maximum atomic E-state index is 13.5. The fourth-order valence-electron chi connectivity index (χ4n) is 4.86. The molecule has 3 atom stereocenters. The van der Waals surface area contributed by atoms with Crippen LogP contribution in [0.15, 0.2) is 40.4 Å². The van der Waals surface area contributed by atoms with E-state index in [1.54, 1.807) is 36.0 Å². The number of halogens is 2. The Morgan fingerprint density at radius 2 is 2.19 bits per heavy atom. The summed E-state index contributed by atoms with van der Waals surface area (Å²) in [6.07, 6.45) is 7.27. The van der Waals surface area contributed by atoms with Crippen LogP contribution in [0.5, 0.6) is 0 Å². The molecule has 0 bridgehead atoms. The quantitative estimate of drug-likeness (QED) is 0.478. The fraction of sp³-hybridized carbons (Fsp3) is 0.440. The summed E-state index contributed by atoms with van der Waals surface area (Å²) in [7, 11) is 1.67. The third-order valence-corrected chi connectivity index (χ3v) is 7.12. The second-order valence-corrected chi connectivity index (χ2v) is 9.47. The Morgan fingerprint density at radius 1 is 1.35 bits per heavy atom. The lowest BCUT2D eigenvalue weighted by atomic mass is 9.82. The van der Waals surface area contributed by atoms with Gasteiger partial charge in [-0.05, 0) is 37.8 Å². The summed E-state index contributed by atoms with van der Waals surface area (Å²) in [6, 6.07) is 7.29. The van der Waals surface area contributed by atoms with Crippen LogP contribution in [-0.4, -0.2) is 44.3 Å². The number of aliphatic imine (C=N–C) groups is 1. The number of pyridine rings is 1. The van der Waals surface area contributed by atoms with Crippen LogP contribution in [0, 0.1) is 23.2 Å². The molecule has 3 aromatic rings. The summed E-state index contributed by atoms with van der Waals surface area (Å²) in [6.45, 7) is 0. The van der Waals surface area contributed by atoms with Gasteiger partial charge in [0.25, 0.3) is 17.4 Å². The van der Waals surface area contributed by atoms with E-state index < -0.39 is 17.7 Å². The summed E-state index contributed by atoms with van der Waals surface area (Å²) >= 11 is 0. The van der Waals surface area contributed by atoms with Crippen molar-refractivity contribution in [1.82, 2.24) is 19.2 Å². The molecular weight excluding hydrogens is 482 g/mol. The summed E-state index contributed by atoms with van der Waals surface area (Å²) in [5.74, 6) is -3.91. The van der Waals surface area contributed by atoms with Crippen LogP contribution in [0.3, 0.4) is 0 Å². The standard InChI is InChI=1S/C25H26F2N8O2/c1-29-21-11-20(32-19-6-3-9-34(24(19)37)17-5-2-4-15(10-17)12-28)33-22-18(14-31-35(21)22)23(36)30-13-16-7-8-25(16,26)27/h3,6,9,11,13-17,29H,2,4-5,7-8,10H2,1H3,(H,32,33)/t15-,16?,17?/m0/s1. The van der Waals surface area contributed by atoms with Crippen LogP contribution >= 0.6 is 0 Å². The van der Waals surface area contributed by atoms with Crippen LogP contribution in [0.1, 0.15) is 54.9 Å². The molecule has 0 aliphatic heterocycles. The topological polar surface area (TPSA) is 129 Å². The number of hydrogen-bond acceptors (Lipinski definition) is 7. The molecule has 0 radical (unpaired) electrons. The van der Waals surface area contributed by atoms with Gasteiger partial charge >= 0.3 is 0 Å². The van der Waals surface area contributed by atoms with E-state index in [4.69, 9.17) is 0 Å². The number of carbonyl (C=O) groups excluding carboxylic acids is 1. The molecule has 2 saturated carbocycles. The van der Waals surface area contributed by atoms with Gasteiger partial charge in [0, 0.05) is 43.9 Å². The van der Waals surface area contributed by atoms with Crippen LogP contribution in [-0.2, 0) is 0 Å². The zero-order chi connectivity index (χ0) is 26.2. The van der Waals surface area contributed by atoms with Crippen molar-refractivity contribution < 1.29 is 13.6 Å². The number of alkyl halides is 2. The summed E-state index contributed by atoms with van der Waals surface area (Å²) < 4.78 is 30.1. The Morgan fingerprint density at radius 3 is 2.89 bits per heavy atom. The molecule has 2 aliphatic rings. The number of nitrogens with zero attached hydrogens (tertiary/aromatic N) is 6. The minimum absolute atomic E-state index is 0.0502. The molecule has 37 heavy (non-hydrogen) atoms. The molecule has 2 aliphatic carbocycles. The molecule has 192 valence electrons. The molecule has 5 rings (SSSR count). The zero-order valence-electron chi connectivity index (χ0n) is 20.2. The number of amides is 1. The maximum absolute atomic E-state index is 13.5. The second-order valence-electron chi connectivity index (χ2n) is 9.47. The van der Waals surface area contributed by atoms with Gasteiger partial charge in [-0.3, -0.25) is 9.59 Å². The molecule has 10 nitrogen and oxygen atoms in total. The largest absolute Gasteiger partial charge is 0.373 e. The molecule has 0 aromatic carbocycles. The average molecular weight is 509 g/mol. The van der Waals surface area contributed by atoms with Crippen molar-refractivity contribution in [3.8, 4) is 6.07 Å². The normalized spacial score (nSPS) is 22.9. The van der Waals surface area contributed by atoms with E-state index >= 15 is 0 Å². The van der Waals surface area contributed by atoms with Crippen molar-refractivity contribution in [3.63, 3.8) is 0 Å². The molecule has 3 heterocycles. The van der Waals surface area contributed by atoms with Crippen molar-refractivity contribution in [1.29, 1.82) is 5.26 Å². The molecule has 3 aromatic heterocycles. The lowest BCUT2D eigenvalue weighted by Crippen LogP contribution is -2.39. The number of nitrogens with one attached hydrogen (secondary N) is 2. The highest BCUT2D eigenvalue weighted by Crippen LogP contribution is 2.42. The first-order valence-corrected chi connectivity index (χ1v) is 12.2. The number of nitriles is 1. The number of carbonyl (C=O) groups is 1. The Bertz CT molecular complexity index is 1470. The Hall–Kier alpha value is -4.14. The van der Waals surface area contributed by atoms with E-state index in [0.717, 1.165) is 25.5 Å². The third-order valence-electron chi connectivity index (χ3n) is 7.12. The van der Waals surface area contributed by atoms with E-state index in [1.165, 1.54) is 10.7 Å². The maximum Gasteiger partial charge on any atom is 0.282 e. The fourth-order valence-corrected chi connectivity index (χ4v) is 4.86. The number of rotatable bonds is 6. The van der Waals surface area contributed by atoms with Gasteiger partial charge in [-0.1, -0.05) is 6.42 Å². The first-order valence-electron chi connectivity index (χ1n) is 12.2. The van der Waals surface area contributed by atoms with E-state index in [9.17, 15) is 23.6 Å². The predicted molar refractivity (Wildman–Crippen MR) is 134 cm³/mol. The monoisotopic (exact) mass is 508 g/mol. The molecule has 0 spiro atoms.